The topological polar surface area (TPSA) is 178 Å². The maximum Gasteiger partial charge on any atom is 0.311 e. The maximum absolute atomic E-state index is 14.2. The summed E-state index contributed by atoms with van der Waals surface area (Å²) in [6.07, 6.45) is 6.17. The van der Waals surface area contributed by atoms with E-state index in [9.17, 15) is 24.9 Å². The van der Waals surface area contributed by atoms with Gasteiger partial charge < -0.3 is 58.0 Å². The number of fused-ring (bicyclic) bond motifs is 11. The fraction of sp³-hybridized carbons (Fsp3) is 0.851. The summed E-state index contributed by atoms with van der Waals surface area (Å²) in [7, 11) is 0. The quantitative estimate of drug-likeness (QED) is 0.137. The maximum atomic E-state index is 14.2. The Hall–Kier alpha value is -0.560. The molecular formula is C47H69HoO14-. The second kappa shape index (κ2) is 17.5. The van der Waals surface area contributed by atoms with Crippen molar-refractivity contribution in [3.8, 4) is 0 Å². The molecule has 9 heterocycles. The first-order valence-corrected chi connectivity index (χ1v) is 23.2. The van der Waals surface area contributed by atoms with Crippen molar-refractivity contribution < 1.29 is 105 Å². The van der Waals surface area contributed by atoms with Gasteiger partial charge in [0.2, 0.25) is 0 Å². The minimum atomic E-state index is -1.88. The molecule has 353 valence electrons. The van der Waals surface area contributed by atoms with Crippen LogP contribution in [0.25, 0.3) is 0 Å². The number of hydrogen-bond donors (Lipinski definition) is 3. The smallest absolute Gasteiger partial charge is 0.311 e. The first-order chi connectivity index (χ1) is 28.7. The number of aliphatic hydroxyl groups excluding tert-OH is 2. The number of aliphatic hydroxyl groups is 3. The third-order valence-electron chi connectivity index (χ3n) is 15.5. The number of ether oxygens (including phenoxy) is 9. The van der Waals surface area contributed by atoms with Crippen LogP contribution in [0, 0.1) is 61.9 Å². The second-order valence-electron chi connectivity index (χ2n) is 21.1. The molecule has 14 nitrogen and oxygen atoms in total. The molecule has 1 radical (unpaired) electrons. The standard InChI is InChI=1S/C47H69O14.Ho/c1-26-10-11-33-38(36(50)40(54-33)46(52)23-27(2)14-20-53-46)55-41(51)29(4)32-9-8-15-45(56-32)17-12-30(48)39(60-45)44(7)24-31(49)37(59-44)34-25-43(6)18-19-47(57-34,61-43)35-13-16-42(5,58-35)22-28(3)21-26;/h10-11,21,23,27-30,32-40,48,50,52H,8-9,12-20,22,24-25H2,1-7H3;/q-1;/b11-10+,26-21+;/t27-,28+,29-,30+,32+,33?,34-,35-,36+,37?,38+,39?,40?,42-,43?,44-,45+,46+,47+;/m1./s1. The molecule has 0 saturated carbocycles. The average Bonchev–Trinajstić information content (AvgIpc) is 3.91. The first kappa shape index (κ1) is 47.9. The Bertz CT molecular complexity index is 1760. The van der Waals surface area contributed by atoms with Crippen LogP contribution in [-0.4, -0.2) is 129 Å². The van der Waals surface area contributed by atoms with Crippen molar-refractivity contribution in [2.75, 3.05) is 6.61 Å². The number of hydrogen-bond acceptors (Lipinski definition) is 14. The molecule has 8 saturated heterocycles. The molecule has 2 spiro atoms. The van der Waals surface area contributed by atoms with Crippen molar-refractivity contribution in [1.29, 1.82) is 0 Å². The number of esters is 1. The van der Waals surface area contributed by atoms with Gasteiger partial charge in [-0.25, -0.2) is 0 Å². The van der Waals surface area contributed by atoms with Gasteiger partial charge in [-0.15, -0.1) is 0 Å². The number of Topliss-reactive ketones (excluding diaryl/α,β-unsaturated/α-hetero) is 1. The molecule has 62 heavy (non-hydrogen) atoms. The normalized spacial score (nSPS) is 54.8. The Morgan fingerprint density at radius 1 is 0.823 bits per heavy atom. The Labute approximate surface area is 396 Å². The van der Waals surface area contributed by atoms with Crippen LogP contribution in [0.15, 0.2) is 23.8 Å². The fourth-order valence-corrected chi connectivity index (χ4v) is 12.4. The molecule has 15 heteroatoms. The third kappa shape index (κ3) is 8.97. The van der Waals surface area contributed by atoms with Crippen molar-refractivity contribution in [1.82, 2.24) is 0 Å². The molecule has 0 amide bonds. The van der Waals surface area contributed by atoms with Crippen LogP contribution in [0.3, 0.4) is 0 Å². The van der Waals surface area contributed by atoms with Crippen LogP contribution >= 0.6 is 0 Å². The van der Waals surface area contributed by atoms with Gasteiger partial charge in [0.05, 0.1) is 41.2 Å². The van der Waals surface area contributed by atoms with E-state index in [0.717, 1.165) is 37.7 Å². The van der Waals surface area contributed by atoms with Gasteiger partial charge in [0, 0.05) is 76.4 Å². The van der Waals surface area contributed by atoms with Crippen LogP contribution < -0.4 is 0 Å². The largest absolute Gasteiger partial charge is 0.456 e. The predicted molar refractivity (Wildman–Crippen MR) is 217 cm³/mol. The van der Waals surface area contributed by atoms with E-state index >= 15 is 0 Å². The zero-order valence-electron chi connectivity index (χ0n) is 37.3. The Morgan fingerprint density at radius 3 is 2.39 bits per heavy atom. The van der Waals surface area contributed by atoms with Gasteiger partial charge in [0.1, 0.15) is 42.2 Å². The Kier molecular flexibility index (Phi) is 13.5. The zero-order valence-corrected chi connectivity index (χ0v) is 39.3. The summed E-state index contributed by atoms with van der Waals surface area (Å²) in [5, 5.41) is 35.0. The van der Waals surface area contributed by atoms with E-state index in [1.54, 1.807) is 19.4 Å². The van der Waals surface area contributed by atoms with Crippen molar-refractivity contribution in [3.63, 3.8) is 0 Å². The van der Waals surface area contributed by atoms with Crippen LogP contribution in [0.2, 0.25) is 0 Å². The second-order valence-corrected chi connectivity index (χ2v) is 21.1. The van der Waals surface area contributed by atoms with Gasteiger partial charge in [0.15, 0.2) is 23.5 Å². The average molecular weight is 1020 g/mol. The molecule has 3 N–H and O–H groups in total. The molecule has 9 aliphatic heterocycles. The molecule has 0 aromatic heterocycles. The van der Waals surface area contributed by atoms with Crippen molar-refractivity contribution >= 4 is 11.8 Å². The molecule has 5 unspecified atom stereocenters. The summed E-state index contributed by atoms with van der Waals surface area (Å²) in [4.78, 5) is 28.2. The van der Waals surface area contributed by atoms with Crippen LogP contribution in [0.5, 0.6) is 0 Å². The van der Waals surface area contributed by atoms with Gasteiger partial charge in [-0.2, -0.15) is 5.92 Å². The molecule has 19 atom stereocenters. The van der Waals surface area contributed by atoms with E-state index in [1.807, 2.05) is 26.8 Å². The first-order valence-electron chi connectivity index (χ1n) is 23.2. The molecule has 10 bridgehead atoms. The van der Waals surface area contributed by atoms with E-state index in [0.29, 0.717) is 44.9 Å². The van der Waals surface area contributed by atoms with Crippen molar-refractivity contribution in [3.05, 3.63) is 30.2 Å². The zero-order chi connectivity index (χ0) is 43.3. The van der Waals surface area contributed by atoms with Crippen molar-refractivity contribution in [2.45, 2.75) is 227 Å². The molecule has 0 aromatic rings. The Morgan fingerprint density at radius 2 is 1.61 bits per heavy atom. The monoisotopic (exact) mass is 1020 g/mol. The molecule has 0 aliphatic carbocycles. The summed E-state index contributed by atoms with van der Waals surface area (Å²) >= 11 is 0. The molecular weight excluding hydrogens is 953 g/mol. The summed E-state index contributed by atoms with van der Waals surface area (Å²) in [6.45, 7) is 14.2. The summed E-state index contributed by atoms with van der Waals surface area (Å²) < 4.78 is 59.3. The molecule has 9 rings (SSSR count). The molecule has 8 fully saturated rings. The molecule has 9 aliphatic rings. The van der Waals surface area contributed by atoms with Gasteiger partial charge in [0.25, 0.3) is 0 Å². The number of rotatable bonds is 1. The minimum absolute atomic E-state index is 0. The Balaban J connectivity index is 0.00000529. The third-order valence-corrected chi connectivity index (χ3v) is 15.5. The minimum Gasteiger partial charge on any atom is -0.456 e. The summed E-state index contributed by atoms with van der Waals surface area (Å²) in [5.74, 6) is -5.34. The summed E-state index contributed by atoms with van der Waals surface area (Å²) in [5.41, 5.74) is -1.20. The van der Waals surface area contributed by atoms with Gasteiger partial charge in [-0.05, 0) is 85.5 Å². The number of ketones is 1. The fourth-order valence-electron chi connectivity index (χ4n) is 12.4. The van der Waals surface area contributed by atoms with Crippen LogP contribution in [-0.2, 0) is 52.2 Å². The van der Waals surface area contributed by atoms with E-state index in [-0.39, 0.29) is 74.5 Å². The summed E-state index contributed by atoms with van der Waals surface area (Å²) in [6, 6.07) is 0. The predicted octanol–water partition coefficient (Wildman–Crippen LogP) is 5.07. The van der Waals surface area contributed by atoms with E-state index in [2.05, 4.69) is 26.8 Å². The van der Waals surface area contributed by atoms with Gasteiger partial charge in [-0.3, -0.25) is 16.0 Å². The SMILES string of the molecule is CC1=C\[C@H](C)C[C@@]2(C)CC[C@@H](O2)[C@@]23CCC(C)(C[C@@H](O2)C2O[C@](C)(CC2=O)C2O[C@@]4(CCC[C@H](O4)[C@@H](C)C(=O)O[C@H]4C(\C=C\1)OC([C@]1(O)[CH-][C@H](C)CCO1)[C@H]4O)CC[C@@H]2O)O3.[Ho]. The van der Waals surface area contributed by atoms with Gasteiger partial charge >= 0.3 is 5.97 Å². The van der Waals surface area contributed by atoms with Crippen molar-refractivity contribution in [2.24, 2.45) is 17.8 Å². The van der Waals surface area contributed by atoms with Crippen LogP contribution in [0.4, 0.5) is 0 Å². The number of carbonyl (C=O) groups excluding carboxylic acids is 2. The van der Waals surface area contributed by atoms with E-state index < -0.39 is 101 Å². The number of allylic oxidation sites excluding steroid dienone is 3. The van der Waals surface area contributed by atoms with E-state index in [4.69, 9.17) is 42.6 Å². The van der Waals surface area contributed by atoms with Crippen LogP contribution in [0.1, 0.15) is 132 Å². The van der Waals surface area contributed by atoms with E-state index in [1.165, 1.54) is 0 Å². The van der Waals surface area contributed by atoms with Gasteiger partial charge in [-0.1, -0.05) is 44.1 Å². The number of carbonyl (C=O) groups is 2. The molecule has 0 aromatic carbocycles.